The first-order chi connectivity index (χ1) is 9.19. The summed E-state index contributed by atoms with van der Waals surface area (Å²) >= 11 is 0. The van der Waals surface area contributed by atoms with Gasteiger partial charge in [0.25, 0.3) is 5.91 Å². The summed E-state index contributed by atoms with van der Waals surface area (Å²) in [6.45, 7) is 1.21. The number of nitrogens with one attached hydrogen (secondary N) is 1. The molecule has 0 saturated heterocycles. The van der Waals surface area contributed by atoms with Crippen molar-refractivity contribution in [3.05, 3.63) is 47.6 Å². The lowest BCUT2D eigenvalue weighted by molar-refractivity contribution is 0.0944. The van der Waals surface area contributed by atoms with Crippen LogP contribution in [0.1, 0.15) is 21.9 Å². The van der Waals surface area contributed by atoms with Gasteiger partial charge in [-0.25, -0.2) is 5.84 Å². The lowest BCUT2D eigenvalue weighted by atomic mass is 10.3. The Labute approximate surface area is 110 Å². The van der Waals surface area contributed by atoms with Gasteiger partial charge < -0.3 is 4.52 Å². The highest BCUT2D eigenvalue weighted by Gasteiger charge is 2.12. The minimum Gasteiger partial charge on any atom is -0.359 e. The molecule has 0 atom stereocenters. The predicted molar refractivity (Wildman–Crippen MR) is 67.6 cm³/mol. The number of nitrogens with zero attached hydrogens (tertiary/aromatic N) is 3. The largest absolute Gasteiger partial charge is 0.359 e. The molecule has 2 aromatic heterocycles. The van der Waals surface area contributed by atoms with Crippen LogP contribution >= 0.6 is 0 Å². The van der Waals surface area contributed by atoms with Crippen molar-refractivity contribution in [3.8, 4) is 0 Å². The Morgan fingerprint density at radius 3 is 3.00 bits per heavy atom. The molecule has 100 valence electrons. The Kier molecular flexibility index (Phi) is 4.22. The molecule has 19 heavy (non-hydrogen) atoms. The van der Waals surface area contributed by atoms with Gasteiger partial charge in [0, 0.05) is 18.8 Å². The number of aromatic nitrogens is 2. The third-order valence-electron chi connectivity index (χ3n) is 2.51. The maximum Gasteiger partial charge on any atom is 0.287 e. The fraction of sp³-hybridized carbons (Fsp3) is 0.250. The minimum atomic E-state index is -0.470. The maximum atomic E-state index is 11.2. The second-order valence-corrected chi connectivity index (χ2v) is 4.15. The normalized spacial score (nSPS) is 10.7. The number of rotatable bonds is 5. The molecule has 0 spiro atoms. The monoisotopic (exact) mass is 261 g/mol. The molecule has 0 aromatic carbocycles. The standard InChI is InChI=1S/C12H15N5O2/c1-17(7-9-4-2-3-5-14-9)8-10-6-11(16-19-10)12(18)15-13/h2-6H,7-8,13H2,1H3,(H,15,18). The molecule has 0 bridgehead atoms. The van der Waals surface area contributed by atoms with Crippen LogP contribution in [-0.4, -0.2) is 28.0 Å². The SMILES string of the molecule is CN(Cc1ccccn1)Cc1cc(C(=O)NN)no1. The van der Waals surface area contributed by atoms with Crippen LogP contribution in [0.5, 0.6) is 0 Å². The zero-order chi connectivity index (χ0) is 13.7. The van der Waals surface area contributed by atoms with E-state index in [0.29, 0.717) is 18.8 Å². The quantitative estimate of drug-likeness (QED) is 0.456. The number of carbonyl (C=O) groups excluding carboxylic acids is 1. The molecule has 1 amide bonds. The molecule has 0 aliphatic rings. The van der Waals surface area contributed by atoms with Crippen molar-refractivity contribution >= 4 is 5.91 Å². The average molecular weight is 261 g/mol. The molecule has 0 saturated carbocycles. The number of pyridine rings is 1. The van der Waals surface area contributed by atoms with E-state index in [1.165, 1.54) is 0 Å². The number of amides is 1. The van der Waals surface area contributed by atoms with Crippen LogP contribution in [0.15, 0.2) is 35.0 Å². The predicted octanol–water partition coefficient (Wildman–Crippen LogP) is 0.305. The summed E-state index contributed by atoms with van der Waals surface area (Å²) in [6, 6.07) is 7.33. The van der Waals surface area contributed by atoms with Gasteiger partial charge in [-0.1, -0.05) is 11.2 Å². The van der Waals surface area contributed by atoms with Crippen molar-refractivity contribution in [1.82, 2.24) is 20.5 Å². The van der Waals surface area contributed by atoms with Gasteiger partial charge in [-0.05, 0) is 19.2 Å². The molecule has 0 aliphatic heterocycles. The Bertz CT molecular complexity index is 540. The van der Waals surface area contributed by atoms with E-state index < -0.39 is 5.91 Å². The first kappa shape index (κ1) is 13.2. The topological polar surface area (TPSA) is 97.3 Å². The Morgan fingerprint density at radius 2 is 2.32 bits per heavy atom. The molecular formula is C12H15N5O2. The second-order valence-electron chi connectivity index (χ2n) is 4.15. The van der Waals surface area contributed by atoms with Crippen LogP contribution < -0.4 is 11.3 Å². The van der Waals surface area contributed by atoms with Gasteiger partial charge in [0.1, 0.15) is 0 Å². The summed E-state index contributed by atoms with van der Waals surface area (Å²) in [4.78, 5) is 17.5. The van der Waals surface area contributed by atoms with E-state index in [4.69, 9.17) is 10.4 Å². The van der Waals surface area contributed by atoms with Gasteiger partial charge in [-0.15, -0.1) is 0 Å². The Balaban J connectivity index is 1.94. The van der Waals surface area contributed by atoms with Crippen LogP contribution in [-0.2, 0) is 13.1 Å². The van der Waals surface area contributed by atoms with Gasteiger partial charge in [-0.3, -0.25) is 20.1 Å². The van der Waals surface area contributed by atoms with Crippen molar-refractivity contribution in [2.24, 2.45) is 5.84 Å². The van der Waals surface area contributed by atoms with Crippen molar-refractivity contribution in [2.75, 3.05) is 7.05 Å². The first-order valence-electron chi connectivity index (χ1n) is 5.74. The van der Waals surface area contributed by atoms with E-state index in [1.807, 2.05) is 35.6 Å². The molecule has 2 aromatic rings. The van der Waals surface area contributed by atoms with E-state index in [-0.39, 0.29) is 5.69 Å². The lowest BCUT2D eigenvalue weighted by Gasteiger charge is -2.13. The summed E-state index contributed by atoms with van der Waals surface area (Å²) < 4.78 is 5.07. The number of hydrogen-bond acceptors (Lipinski definition) is 6. The molecule has 2 rings (SSSR count). The van der Waals surface area contributed by atoms with Crippen molar-refractivity contribution in [2.45, 2.75) is 13.1 Å². The summed E-state index contributed by atoms with van der Waals surface area (Å²) in [7, 11) is 1.93. The Hall–Kier alpha value is -2.25. The highest BCUT2D eigenvalue weighted by Crippen LogP contribution is 2.08. The smallest absolute Gasteiger partial charge is 0.287 e. The summed E-state index contributed by atoms with van der Waals surface area (Å²) in [5.74, 6) is 5.14. The maximum absolute atomic E-state index is 11.2. The van der Waals surface area contributed by atoms with E-state index in [2.05, 4.69) is 10.1 Å². The molecule has 0 fully saturated rings. The number of carbonyl (C=O) groups is 1. The van der Waals surface area contributed by atoms with Crippen molar-refractivity contribution in [3.63, 3.8) is 0 Å². The molecule has 0 unspecified atom stereocenters. The number of hydrogen-bond donors (Lipinski definition) is 2. The lowest BCUT2D eigenvalue weighted by Crippen LogP contribution is -2.30. The van der Waals surface area contributed by atoms with E-state index >= 15 is 0 Å². The second kappa shape index (κ2) is 6.07. The molecule has 7 nitrogen and oxygen atoms in total. The Morgan fingerprint density at radius 1 is 1.47 bits per heavy atom. The van der Waals surface area contributed by atoms with Crippen LogP contribution in [0.4, 0.5) is 0 Å². The molecule has 7 heteroatoms. The molecular weight excluding hydrogens is 246 g/mol. The number of hydrazine groups is 1. The average Bonchev–Trinajstić information content (AvgIpc) is 2.87. The zero-order valence-electron chi connectivity index (χ0n) is 10.5. The van der Waals surface area contributed by atoms with Gasteiger partial charge in [-0.2, -0.15) is 0 Å². The van der Waals surface area contributed by atoms with Crippen molar-refractivity contribution in [1.29, 1.82) is 0 Å². The third kappa shape index (κ3) is 3.60. The van der Waals surface area contributed by atoms with Crippen molar-refractivity contribution < 1.29 is 9.32 Å². The summed E-state index contributed by atoms with van der Waals surface area (Å²) in [6.07, 6.45) is 1.75. The number of nitrogens with two attached hydrogens (primary N) is 1. The van der Waals surface area contributed by atoms with Crippen LogP contribution in [0.25, 0.3) is 0 Å². The molecule has 0 aliphatic carbocycles. The van der Waals surface area contributed by atoms with E-state index in [1.54, 1.807) is 12.3 Å². The summed E-state index contributed by atoms with van der Waals surface area (Å²) in [5, 5.41) is 3.64. The van der Waals surface area contributed by atoms with Gasteiger partial charge in [0.15, 0.2) is 11.5 Å². The van der Waals surface area contributed by atoms with Gasteiger partial charge >= 0.3 is 0 Å². The van der Waals surface area contributed by atoms with Gasteiger partial charge in [0.05, 0.1) is 12.2 Å². The molecule has 0 radical (unpaired) electrons. The van der Waals surface area contributed by atoms with E-state index in [0.717, 1.165) is 5.69 Å². The summed E-state index contributed by atoms with van der Waals surface area (Å²) in [5.41, 5.74) is 3.14. The third-order valence-corrected chi connectivity index (χ3v) is 2.51. The van der Waals surface area contributed by atoms with Crippen LogP contribution in [0, 0.1) is 0 Å². The van der Waals surface area contributed by atoms with Gasteiger partial charge in [0.2, 0.25) is 0 Å². The fourth-order valence-electron chi connectivity index (χ4n) is 1.66. The zero-order valence-corrected chi connectivity index (χ0v) is 10.5. The van der Waals surface area contributed by atoms with Crippen LogP contribution in [0.2, 0.25) is 0 Å². The highest BCUT2D eigenvalue weighted by atomic mass is 16.5. The molecule has 3 N–H and O–H groups in total. The highest BCUT2D eigenvalue weighted by molar-refractivity contribution is 5.91. The van der Waals surface area contributed by atoms with Crippen LogP contribution in [0.3, 0.4) is 0 Å². The molecule has 2 heterocycles. The first-order valence-corrected chi connectivity index (χ1v) is 5.74. The number of nitrogen functional groups attached to an aromatic ring is 1. The fourth-order valence-corrected chi connectivity index (χ4v) is 1.66. The van der Waals surface area contributed by atoms with E-state index in [9.17, 15) is 4.79 Å². The minimum absolute atomic E-state index is 0.170.